The summed E-state index contributed by atoms with van der Waals surface area (Å²) in [6, 6.07) is 3.00. The number of carbonyl (C=O) groups is 1. The van der Waals surface area contributed by atoms with Crippen LogP contribution >= 0.6 is 0 Å². The Morgan fingerprint density at radius 3 is 2.86 bits per heavy atom. The van der Waals surface area contributed by atoms with Gasteiger partial charge in [-0.15, -0.1) is 0 Å². The van der Waals surface area contributed by atoms with Gasteiger partial charge in [-0.3, -0.25) is 0 Å². The first kappa shape index (κ1) is 8.87. The summed E-state index contributed by atoms with van der Waals surface area (Å²) >= 11 is 0. The van der Waals surface area contributed by atoms with Crippen LogP contribution in [0.2, 0.25) is 0 Å². The van der Waals surface area contributed by atoms with Gasteiger partial charge < -0.3 is 14.9 Å². The highest BCUT2D eigenvalue weighted by Gasteiger charge is 2.27. The summed E-state index contributed by atoms with van der Waals surface area (Å²) in [6.45, 7) is 1.78. The topological polar surface area (TPSA) is 66.8 Å². The lowest BCUT2D eigenvalue weighted by Crippen LogP contribution is -2.25. The molecule has 4 heteroatoms. The van der Waals surface area contributed by atoms with Crippen molar-refractivity contribution >= 4 is 5.97 Å². The van der Waals surface area contributed by atoms with E-state index >= 15 is 0 Å². The Bertz CT molecular complexity index is 397. The number of aromatic hydroxyl groups is 2. The molecule has 14 heavy (non-hydrogen) atoms. The lowest BCUT2D eigenvalue weighted by molar-refractivity contribution is 0.0296. The van der Waals surface area contributed by atoms with Crippen molar-refractivity contribution < 1.29 is 19.7 Å². The average molecular weight is 194 g/mol. The molecule has 1 aliphatic rings. The minimum absolute atomic E-state index is 0.0862. The Morgan fingerprint density at radius 1 is 1.43 bits per heavy atom. The molecular weight excluding hydrogens is 184 g/mol. The summed E-state index contributed by atoms with van der Waals surface area (Å²) in [5, 5.41) is 18.7. The molecule has 0 bridgehead atoms. The number of benzene rings is 1. The van der Waals surface area contributed by atoms with Gasteiger partial charge in [-0.2, -0.15) is 0 Å². The molecule has 1 aromatic rings. The van der Waals surface area contributed by atoms with Crippen LogP contribution in [0.4, 0.5) is 0 Å². The van der Waals surface area contributed by atoms with Gasteiger partial charge in [0.15, 0.2) is 11.5 Å². The van der Waals surface area contributed by atoms with Crippen LogP contribution in [0.1, 0.15) is 22.8 Å². The first-order valence-electron chi connectivity index (χ1n) is 4.34. The van der Waals surface area contributed by atoms with Gasteiger partial charge in [0, 0.05) is 6.42 Å². The first-order valence-corrected chi connectivity index (χ1v) is 4.34. The lowest BCUT2D eigenvalue weighted by atomic mass is 9.98. The van der Waals surface area contributed by atoms with Crippen LogP contribution in [0.15, 0.2) is 12.1 Å². The molecule has 2 N–H and O–H groups in total. The molecule has 2 rings (SSSR count). The summed E-state index contributed by atoms with van der Waals surface area (Å²) in [7, 11) is 0. The Kier molecular flexibility index (Phi) is 1.84. The molecule has 0 saturated heterocycles. The van der Waals surface area contributed by atoms with Crippen molar-refractivity contribution in [1.82, 2.24) is 0 Å². The molecule has 1 aliphatic heterocycles. The smallest absolute Gasteiger partial charge is 0.342 e. The predicted molar refractivity (Wildman–Crippen MR) is 48.4 cm³/mol. The van der Waals surface area contributed by atoms with Crippen LogP contribution in [-0.4, -0.2) is 22.3 Å². The van der Waals surface area contributed by atoms with E-state index in [1.54, 1.807) is 13.0 Å². The number of hydrogen-bond donors (Lipinski definition) is 2. The van der Waals surface area contributed by atoms with Crippen molar-refractivity contribution in [2.45, 2.75) is 19.4 Å². The number of hydrogen-bond acceptors (Lipinski definition) is 4. The standard InChI is InChI=1S/C10H10O4/c1-5-4-6-2-3-7(11)9(12)8(6)10(13)14-5/h2-3,5,11-12H,4H2,1H3/t5-/m0/s1. The molecule has 1 heterocycles. The highest BCUT2D eigenvalue weighted by Crippen LogP contribution is 2.34. The maximum Gasteiger partial charge on any atom is 0.342 e. The summed E-state index contributed by atoms with van der Waals surface area (Å²) in [4.78, 5) is 11.4. The van der Waals surface area contributed by atoms with Crippen LogP contribution in [-0.2, 0) is 11.2 Å². The van der Waals surface area contributed by atoms with Crippen LogP contribution in [0.3, 0.4) is 0 Å². The maximum atomic E-state index is 11.4. The molecule has 0 amide bonds. The lowest BCUT2D eigenvalue weighted by Gasteiger charge is -2.22. The number of fused-ring (bicyclic) bond motifs is 1. The third-order valence-electron chi connectivity index (χ3n) is 2.26. The molecule has 0 unspecified atom stereocenters. The molecule has 0 fully saturated rings. The van der Waals surface area contributed by atoms with E-state index in [0.29, 0.717) is 12.0 Å². The molecule has 1 atom stereocenters. The van der Waals surface area contributed by atoms with Crippen LogP contribution < -0.4 is 0 Å². The van der Waals surface area contributed by atoms with Crippen LogP contribution in [0.25, 0.3) is 0 Å². The van der Waals surface area contributed by atoms with Crippen molar-refractivity contribution in [1.29, 1.82) is 0 Å². The van der Waals surface area contributed by atoms with Crippen molar-refractivity contribution in [3.8, 4) is 11.5 Å². The van der Waals surface area contributed by atoms with E-state index in [1.165, 1.54) is 6.07 Å². The second kappa shape index (κ2) is 2.90. The Balaban J connectivity index is 2.60. The number of carbonyl (C=O) groups excluding carboxylic acids is 1. The van der Waals surface area contributed by atoms with Crippen molar-refractivity contribution in [2.75, 3.05) is 0 Å². The first-order chi connectivity index (χ1) is 6.59. The van der Waals surface area contributed by atoms with Crippen molar-refractivity contribution in [3.05, 3.63) is 23.3 Å². The number of cyclic esters (lactones) is 1. The minimum Gasteiger partial charge on any atom is -0.504 e. The fourth-order valence-electron chi connectivity index (χ4n) is 1.61. The average Bonchev–Trinajstić information content (AvgIpc) is 2.10. The largest absolute Gasteiger partial charge is 0.504 e. The van der Waals surface area contributed by atoms with E-state index in [-0.39, 0.29) is 23.2 Å². The zero-order valence-electron chi connectivity index (χ0n) is 7.65. The second-order valence-corrected chi connectivity index (χ2v) is 3.39. The van der Waals surface area contributed by atoms with Gasteiger partial charge >= 0.3 is 5.97 Å². The summed E-state index contributed by atoms with van der Waals surface area (Å²) < 4.78 is 4.94. The van der Waals surface area contributed by atoms with E-state index in [4.69, 9.17) is 4.74 Å². The predicted octanol–water partition coefficient (Wildman–Crippen LogP) is 1.20. The highest BCUT2D eigenvalue weighted by atomic mass is 16.5. The number of ether oxygens (including phenoxy) is 1. The highest BCUT2D eigenvalue weighted by molar-refractivity contribution is 5.96. The fraction of sp³-hybridized carbons (Fsp3) is 0.300. The maximum absolute atomic E-state index is 11.4. The fourth-order valence-corrected chi connectivity index (χ4v) is 1.61. The molecule has 0 aliphatic carbocycles. The van der Waals surface area contributed by atoms with E-state index in [9.17, 15) is 15.0 Å². The Morgan fingerprint density at radius 2 is 2.14 bits per heavy atom. The van der Waals surface area contributed by atoms with E-state index in [1.807, 2.05) is 0 Å². The minimum atomic E-state index is -0.577. The zero-order valence-corrected chi connectivity index (χ0v) is 7.65. The molecule has 0 radical (unpaired) electrons. The Labute approximate surface area is 80.7 Å². The number of phenols is 2. The van der Waals surface area contributed by atoms with Gasteiger partial charge in [0.25, 0.3) is 0 Å². The molecule has 4 nitrogen and oxygen atoms in total. The molecule has 1 aromatic carbocycles. The third-order valence-corrected chi connectivity index (χ3v) is 2.26. The summed E-state index contributed by atoms with van der Waals surface area (Å²) in [5.41, 5.74) is 0.798. The molecule has 0 saturated carbocycles. The van der Waals surface area contributed by atoms with Gasteiger partial charge in [0.1, 0.15) is 11.7 Å². The quantitative estimate of drug-likeness (QED) is 0.481. The second-order valence-electron chi connectivity index (χ2n) is 3.39. The van der Waals surface area contributed by atoms with Gasteiger partial charge in [-0.05, 0) is 18.6 Å². The normalized spacial score (nSPS) is 20.1. The van der Waals surface area contributed by atoms with E-state index < -0.39 is 5.97 Å². The number of esters is 1. The van der Waals surface area contributed by atoms with Gasteiger partial charge in [-0.25, -0.2) is 4.79 Å². The SMILES string of the molecule is C[C@H]1Cc2ccc(O)c(O)c2C(=O)O1. The number of phenolic OH excluding ortho intramolecular Hbond substituents is 2. The van der Waals surface area contributed by atoms with Gasteiger partial charge in [-0.1, -0.05) is 6.07 Å². The molecule has 0 aromatic heterocycles. The molecular formula is C10H10O4. The van der Waals surface area contributed by atoms with Crippen molar-refractivity contribution in [3.63, 3.8) is 0 Å². The number of rotatable bonds is 0. The van der Waals surface area contributed by atoms with Crippen LogP contribution in [0, 0.1) is 0 Å². The van der Waals surface area contributed by atoms with Crippen molar-refractivity contribution in [2.24, 2.45) is 0 Å². The summed E-state index contributed by atoms with van der Waals surface area (Å²) in [6.07, 6.45) is 0.383. The van der Waals surface area contributed by atoms with Crippen LogP contribution in [0.5, 0.6) is 11.5 Å². The van der Waals surface area contributed by atoms with Gasteiger partial charge in [0.05, 0.1) is 0 Å². The monoisotopic (exact) mass is 194 g/mol. The summed E-state index contributed by atoms with van der Waals surface area (Å²) in [5.74, 6) is -1.26. The zero-order chi connectivity index (χ0) is 10.3. The Hall–Kier alpha value is -1.71. The van der Waals surface area contributed by atoms with E-state index in [2.05, 4.69) is 0 Å². The molecule has 74 valence electrons. The van der Waals surface area contributed by atoms with E-state index in [0.717, 1.165) is 0 Å². The third kappa shape index (κ3) is 1.19. The molecule has 0 spiro atoms. The van der Waals surface area contributed by atoms with Gasteiger partial charge in [0.2, 0.25) is 0 Å².